The molecular formula is C18H18F3N5OS. The average Bonchev–Trinajstić information content (AvgIpc) is 3.19. The second-order valence-corrected chi connectivity index (χ2v) is 7.10. The molecule has 6 nitrogen and oxygen atoms in total. The lowest BCUT2D eigenvalue weighted by Gasteiger charge is -2.09. The largest absolute Gasteiger partial charge is 0.416 e. The van der Waals surface area contributed by atoms with E-state index in [0.29, 0.717) is 17.3 Å². The third-order valence-corrected chi connectivity index (χ3v) is 5.16. The number of rotatable bonds is 6. The number of anilines is 1. The molecule has 2 aromatic heterocycles. The second-order valence-electron chi connectivity index (χ2n) is 6.16. The fourth-order valence-corrected chi connectivity index (χ4v) is 3.27. The summed E-state index contributed by atoms with van der Waals surface area (Å²) in [7, 11) is 3.78. The summed E-state index contributed by atoms with van der Waals surface area (Å²) in [5.74, 6) is 0.501. The van der Waals surface area contributed by atoms with Gasteiger partial charge in [0.05, 0.1) is 11.3 Å². The first kappa shape index (κ1) is 20.0. The van der Waals surface area contributed by atoms with Gasteiger partial charge in [-0.15, -0.1) is 10.2 Å². The Morgan fingerprint density at radius 1 is 1.14 bits per heavy atom. The van der Waals surface area contributed by atoms with Gasteiger partial charge in [0.25, 0.3) is 0 Å². The Morgan fingerprint density at radius 2 is 1.86 bits per heavy atom. The number of aromatic nitrogens is 4. The van der Waals surface area contributed by atoms with Gasteiger partial charge in [0, 0.05) is 38.1 Å². The van der Waals surface area contributed by atoms with Gasteiger partial charge < -0.3 is 14.5 Å². The summed E-state index contributed by atoms with van der Waals surface area (Å²) in [6.07, 6.45) is -1.83. The topological polar surface area (TPSA) is 64.7 Å². The van der Waals surface area contributed by atoms with E-state index in [-0.39, 0.29) is 11.7 Å². The summed E-state index contributed by atoms with van der Waals surface area (Å²) >= 11 is 1.21. The maximum absolute atomic E-state index is 12.6. The predicted molar refractivity (Wildman–Crippen MR) is 100 cm³/mol. The Morgan fingerprint density at radius 3 is 2.46 bits per heavy atom. The number of alkyl halides is 3. The van der Waals surface area contributed by atoms with Crippen LogP contribution in [0.15, 0.2) is 47.8 Å². The fraction of sp³-hybridized carbons (Fsp3) is 0.278. The summed E-state index contributed by atoms with van der Waals surface area (Å²) in [5, 5.41) is 11.4. The molecule has 1 N–H and O–H groups in total. The first-order valence-electron chi connectivity index (χ1n) is 8.32. The molecule has 0 atom stereocenters. The van der Waals surface area contributed by atoms with E-state index < -0.39 is 11.7 Å². The van der Waals surface area contributed by atoms with Gasteiger partial charge in [-0.2, -0.15) is 13.2 Å². The van der Waals surface area contributed by atoms with Crippen LogP contribution >= 0.6 is 11.8 Å². The van der Waals surface area contributed by atoms with Crippen LogP contribution in [0, 0.1) is 0 Å². The average molecular weight is 409 g/mol. The molecule has 0 fully saturated rings. The van der Waals surface area contributed by atoms with E-state index in [1.54, 1.807) is 0 Å². The monoisotopic (exact) mass is 409 g/mol. The summed E-state index contributed by atoms with van der Waals surface area (Å²) < 4.78 is 41.5. The Labute approximate surface area is 163 Å². The van der Waals surface area contributed by atoms with Crippen LogP contribution in [0.2, 0.25) is 0 Å². The van der Waals surface area contributed by atoms with Gasteiger partial charge in [0.1, 0.15) is 5.82 Å². The molecule has 0 radical (unpaired) electrons. The normalized spacial score (nSPS) is 11.6. The first-order chi connectivity index (χ1) is 13.2. The van der Waals surface area contributed by atoms with Gasteiger partial charge in [-0.3, -0.25) is 4.79 Å². The number of amides is 1. The smallest absolute Gasteiger partial charge is 0.354 e. The van der Waals surface area contributed by atoms with Crippen LogP contribution in [0.1, 0.15) is 17.1 Å². The van der Waals surface area contributed by atoms with Crippen LogP contribution in [0.3, 0.4) is 0 Å². The molecule has 0 unspecified atom stereocenters. The number of carbonyl (C=O) groups is 1. The molecule has 0 aliphatic carbocycles. The Bertz CT molecular complexity index is 963. The van der Waals surface area contributed by atoms with Crippen molar-refractivity contribution < 1.29 is 18.0 Å². The van der Waals surface area contributed by atoms with Crippen molar-refractivity contribution in [3.63, 3.8) is 0 Å². The van der Waals surface area contributed by atoms with Gasteiger partial charge in [-0.25, -0.2) is 0 Å². The maximum atomic E-state index is 12.6. The number of benzene rings is 1. The molecule has 148 valence electrons. The zero-order valence-electron chi connectivity index (χ0n) is 15.2. The zero-order valence-corrected chi connectivity index (χ0v) is 16.0. The molecule has 28 heavy (non-hydrogen) atoms. The molecule has 0 saturated heterocycles. The van der Waals surface area contributed by atoms with Crippen molar-refractivity contribution in [1.82, 2.24) is 19.3 Å². The molecule has 1 amide bonds. The van der Waals surface area contributed by atoms with Crippen molar-refractivity contribution >= 4 is 23.4 Å². The third-order valence-electron chi connectivity index (χ3n) is 4.14. The van der Waals surface area contributed by atoms with Crippen molar-refractivity contribution in [3.05, 3.63) is 59.7 Å². The van der Waals surface area contributed by atoms with E-state index in [1.807, 2.05) is 41.6 Å². The van der Waals surface area contributed by atoms with E-state index in [2.05, 4.69) is 15.5 Å². The number of hydrogen-bond donors (Lipinski definition) is 1. The van der Waals surface area contributed by atoms with Crippen LogP contribution in [-0.4, -0.2) is 31.0 Å². The number of hydrogen-bond acceptors (Lipinski definition) is 4. The molecule has 3 aromatic rings. The van der Waals surface area contributed by atoms with Crippen LogP contribution < -0.4 is 5.32 Å². The molecule has 1 aromatic carbocycles. The standard InChI is InChI=1S/C18H18F3N5OS/c1-25-9-3-4-14(25)10-15-23-24-17(26(15)2)28-11-16(27)22-13-7-5-12(6-8-13)18(19,20)21/h3-9H,10-11H2,1-2H3,(H,22,27). The van der Waals surface area contributed by atoms with Crippen LogP contribution in [0.4, 0.5) is 18.9 Å². The zero-order chi connectivity index (χ0) is 20.3. The summed E-state index contributed by atoms with van der Waals surface area (Å²) in [5.41, 5.74) is 0.637. The van der Waals surface area contributed by atoms with E-state index in [4.69, 9.17) is 0 Å². The van der Waals surface area contributed by atoms with E-state index in [9.17, 15) is 18.0 Å². The predicted octanol–water partition coefficient (Wildman–Crippen LogP) is 3.49. The van der Waals surface area contributed by atoms with E-state index in [1.165, 1.54) is 23.9 Å². The molecular weight excluding hydrogens is 391 g/mol. The van der Waals surface area contributed by atoms with Crippen LogP contribution in [0.5, 0.6) is 0 Å². The van der Waals surface area contributed by atoms with E-state index in [0.717, 1.165) is 23.7 Å². The van der Waals surface area contributed by atoms with Crippen molar-refractivity contribution in [2.45, 2.75) is 17.8 Å². The summed E-state index contributed by atoms with van der Waals surface area (Å²) in [6, 6.07) is 8.27. The number of nitrogens with zero attached hydrogens (tertiary/aromatic N) is 4. The summed E-state index contributed by atoms with van der Waals surface area (Å²) in [4.78, 5) is 12.1. The van der Waals surface area contributed by atoms with Crippen molar-refractivity contribution in [2.24, 2.45) is 14.1 Å². The number of carbonyl (C=O) groups excluding carboxylic acids is 1. The lowest BCUT2D eigenvalue weighted by atomic mass is 10.2. The molecule has 0 saturated carbocycles. The number of aryl methyl sites for hydroxylation is 1. The van der Waals surface area contributed by atoms with Crippen molar-refractivity contribution in [2.75, 3.05) is 11.1 Å². The highest BCUT2D eigenvalue weighted by Gasteiger charge is 2.30. The SMILES string of the molecule is Cn1cccc1Cc1nnc(SCC(=O)Nc2ccc(C(F)(F)F)cc2)n1C. The highest BCUT2D eigenvalue weighted by molar-refractivity contribution is 7.99. The Hall–Kier alpha value is -2.75. The first-order valence-corrected chi connectivity index (χ1v) is 9.31. The third kappa shape index (κ3) is 4.75. The van der Waals surface area contributed by atoms with Gasteiger partial charge >= 0.3 is 6.18 Å². The second kappa shape index (κ2) is 8.09. The van der Waals surface area contributed by atoms with Gasteiger partial charge in [0.15, 0.2) is 5.16 Å². The minimum absolute atomic E-state index is 0.0666. The Kier molecular flexibility index (Phi) is 5.78. The van der Waals surface area contributed by atoms with Crippen molar-refractivity contribution in [1.29, 1.82) is 0 Å². The molecule has 0 spiro atoms. The van der Waals surface area contributed by atoms with Gasteiger partial charge in [0.2, 0.25) is 5.91 Å². The minimum atomic E-state index is -4.40. The highest BCUT2D eigenvalue weighted by Crippen LogP contribution is 2.29. The van der Waals surface area contributed by atoms with Gasteiger partial charge in [-0.05, 0) is 36.4 Å². The molecule has 2 heterocycles. The molecule has 0 aliphatic rings. The van der Waals surface area contributed by atoms with E-state index >= 15 is 0 Å². The number of halogens is 3. The van der Waals surface area contributed by atoms with Gasteiger partial charge in [-0.1, -0.05) is 11.8 Å². The maximum Gasteiger partial charge on any atom is 0.416 e. The lowest BCUT2D eigenvalue weighted by molar-refractivity contribution is -0.137. The lowest BCUT2D eigenvalue weighted by Crippen LogP contribution is -2.15. The van der Waals surface area contributed by atoms with Crippen molar-refractivity contribution in [3.8, 4) is 0 Å². The Balaban J connectivity index is 1.55. The molecule has 10 heteroatoms. The van der Waals surface area contributed by atoms with Crippen LogP contribution in [-0.2, 0) is 31.5 Å². The quantitative estimate of drug-likeness (QED) is 0.633. The molecule has 0 bridgehead atoms. The highest BCUT2D eigenvalue weighted by atomic mass is 32.2. The summed E-state index contributed by atoms with van der Waals surface area (Å²) in [6.45, 7) is 0. The molecule has 0 aliphatic heterocycles. The number of thioether (sulfide) groups is 1. The minimum Gasteiger partial charge on any atom is -0.354 e. The molecule has 3 rings (SSSR count). The fourth-order valence-electron chi connectivity index (χ4n) is 2.54. The number of nitrogens with one attached hydrogen (secondary N) is 1. The van der Waals surface area contributed by atoms with Crippen LogP contribution in [0.25, 0.3) is 0 Å².